The van der Waals surface area contributed by atoms with E-state index in [0.29, 0.717) is 11.7 Å². The highest BCUT2D eigenvalue weighted by atomic mass is 79.9. The number of aliphatic imine (C=N–C) groups is 1. The fourth-order valence-electron chi connectivity index (χ4n) is 1.90. The van der Waals surface area contributed by atoms with Crippen LogP contribution in [0.15, 0.2) is 46.9 Å². The van der Waals surface area contributed by atoms with Crippen molar-refractivity contribution >= 4 is 33.1 Å². The van der Waals surface area contributed by atoms with E-state index in [1.807, 2.05) is 24.3 Å². The van der Waals surface area contributed by atoms with Gasteiger partial charge in [0.15, 0.2) is 0 Å². The van der Waals surface area contributed by atoms with Crippen LogP contribution in [-0.4, -0.2) is 24.0 Å². The third-order valence-corrected chi connectivity index (χ3v) is 3.57. The number of aliphatic hydroxyl groups is 1. The maximum Gasteiger partial charge on any atom is 0.121 e. The molecule has 1 N–H and O–H groups in total. The normalized spacial score (nSPS) is 15.0. The van der Waals surface area contributed by atoms with E-state index in [1.165, 1.54) is 12.8 Å². The van der Waals surface area contributed by atoms with E-state index in [0.717, 1.165) is 21.4 Å². The van der Waals surface area contributed by atoms with Gasteiger partial charge in [0, 0.05) is 21.7 Å². The number of aliphatic hydroxyl groups excluding tert-OH is 1. The predicted molar refractivity (Wildman–Crippen MR) is 86.2 cm³/mol. The van der Waals surface area contributed by atoms with E-state index in [-0.39, 0.29) is 13.2 Å². The Morgan fingerprint density at radius 1 is 1.50 bits per heavy atom. The first kappa shape index (κ1) is 15.0. The van der Waals surface area contributed by atoms with Crippen molar-refractivity contribution in [2.24, 2.45) is 10.9 Å². The summed E-state index contributed by atoms with van der Waals surface area (Å²) < 4.78 is 6.34. The van der Waals surface area contributed by atoms with Gasteiger partial charge in [-0.15, -0.1) is 0 Å². The second-order valence-corrected chi connectivity index (χ2v) is 5.59. The SMILES string of the molecule is C=C/C(=N\c1ccc(Br)cc1C(=C)OCCO)C1CC1. The summed E-state index contributed by atoms with van der Waals surface area (Å²) in [6.45, 7) is 7.93. The molecule has 0 atom stereocenters. The summed E-state index contributed by atoms with van der Waals surface area (Å²) in [6.07, 6.45) is 4.18. The Morgan fingerprint density at radius 3 is 2.85 bits per heavy atom. The number of hydrogen-bond donors (Lipinski definition) is 1. The Labute approximate surface area is 127 Å². The summed E-state index contributed by atoms with van der Waals surface area (Å²) in [4.78, 5) is 4.68. The summed E-state index contributed by atoms with van der Waals surface area (Å²) in [7, 11) is 0. The molecule has 0 saturated heterocycles. The molecule has 0 bridgehead atoms. The van der Waals surface area contributed by atoms with E-state index >= 15 is 0 Å². The topological polar surface area (TPSA) is 41.8 Å². The monoisotopic (exact) mass is 335 g/mol. The molecule has 0 unspecified atom stereocenters. The van der Waals surface area contributed by atoms with Crippen LogP contribution >= 0.6 is 15.9 Å². The van der Waals surface area contributed by atoms with Crippen LogP contribution in [0.2, 0.25) is 0 Å². The number of hydrogen-bond acceptors (Lipinski definition) is 3. The zero-order valence-electron chi connectivity index (χ0n) is 11.3. The van der Waals surface area contributed by atoms with Gasteiger partial charge in [-0.05, 0) is 37.1 Å². The Balaban J connectivity index is 2.32. The van der Waals surface area contributed by atoms with Gasteiger partial charge in [-0.25, -0.2) is 0 Å². The molecule has 3 nitrogen and oxygen atoms in total. The minimum absolute atomic E-state index is 0.0361. The quantitative estimate of drug-likeness (QED) is 0.602. The molecular formula is C16H18BrNO2. The maximum absolute atomic E-state index is 8.83. The smallest absolute Gasteiger partial charge is 0.121 e. The highest BCUT2D eigenvalue weighted by Gasteiger charge is 2.25. The van der Waals surface area contributed by atoms with Crippen LogP contribution < -0.4 is 0 Å². The minimum atomic E-state index is -0.0361. The summed E-state index contributed by atoms with van der Waals surface area (Å²) in [5, 5.41) is 8.83. The summed E-state index contributed by atoms with van der Waals surface area (Å²) in [5.74, 6) is 1.05. The van der Waals surface area contributed by atoms with Gasteiger partial charge in [0.1, 0.15) is 12.4 Å². The van der Waals surface area contributed by atoms with Crippen LogP contribution in [0.25, 0.3) is 5.76 Å². The molecule has 0 heterocycles. The lowest BCUT2D eigenvalue weighted by Crippen LogP contribution is -1.99. The van der Waals surface area contributed by atoms with Gasteiger partial charge in [0.25, 0.3) is 0 Å². The van der Waals surface area contributed by atoms with Crippen molar-refractivity contribution in [2.75, 3.05) is 13.2 Å². The van der Waals surface area contributed by atoms with Gasteiger partial charge in [-0.2, -0.15) is 0 Å². The summed E-state index contributed by atoms with van der Waals surface area (Å²) in [5.41, 5.74) is 2.66. The molecule has 2 rings (SSSR count). The first-order chi connectivity index (χ1) is 9.65. The molecular weight excluding hydrogens is 318 g/mol. The third-order valence-electron chi connectivity index (χ3n) is 3.08. The number of rotatable bonds is 7. The lowest BCUT2D eigenvalue weighted by Gasteiger charge is -2.11. The number of nitrogens with zero attached hydrogens (tertiary/aromatic N) is 1. The van der Waals surface area contributed by atoms with Crippen LogP contribution in [0.3, 0.4) is 0 Å². The van der Waals surface area contributed by atoms with Crippen molar-refractivity contribution < 1.29 is 9.84 Å². The van der Waals surface area contributed by atoms with Gasteiger partial charge in [0.2, 0.25) is 0 Å². The molecule has 0 radical (unpaired) electrons. The number of allylic oxidation sites excluding steroid dienone is 1. The molecule has 1 aromatic carbocycles. The average molecular weight is 336 g/mol. The molecule has 0 aromatic heterocycles. The van der Waals surface area contributed by atoms with Crippen molar-refractivity contribution in [3.63, 3.8) is 0 Å². The highest BCUT2D eigenvalue weighted by molar-refractivity contribution is 9.10. The maximum atomic E-state index is 8.83. The van der Waals surface area contributed by atoms with Crippen LogP contribution in [0.4, 0.5) is 5.69 Å². The van der Waals surface area contributed by atoms with E-state index in [4.69, 9.17) is 9.84 Å². The Hall–Kier alpha value is -1.39. The molecule has 1 aliphatic carbocycles. The summed E-state index contributed by atoms with van der Waals surface area (Å²) in [6, 6.07) is 5.79. The first-order valence-electron chi connectivity index (χ1n) is 6.59. The van der Waals surface area contributed by atoms with Crippen molar-refractivity contribution in [2.45, 2.75) is 12.8 Å². The molecule has 1 saturated carbocycles. The standard InChI is InChI=1S/C16H18BrNO2/c1-3-15(12-4-5-12)18-16-7-6-13(17)10-14(16)11(2)20-9-8-19/h3,6-7,10,12,19H,1-2,4-5,8-9H2/b18-15+. The van der Waals surface area contributed by atoms with Gasteiger partial charge in [-0.1, -0.05) is 29.1 Å². The fourth-order valence-corrected chi connectivity index (χ4v) is 2.26. The highest BCUT2D eigenvalue weighted by Crippen LogP contribution is 2.35. The number of benzene rings is 1. The molecule has 1 aromatic rings. The van der Waals surface area contributed by atoms with Crippen LogP contribution in [0, 0.1) is 5.92 Å². The van der Waals surface area contributed by atoms with Gasteiger partial charge < -0.3 is 9.84 Å². The second-order valence-electron chi connectivity index (χ2n) is 4.67. The van der Waals surface area contributed by atoms with E-state index < -0.39 is 0 Å². The molecule has 0 spiro atoms. The Kier molecular flexibility index (Phi) is 5.15. The lowest BCUT2D eigenvalue weighted by molar-refractivity contribution is 0.181. The third kappa shape index (κ3) is 3.81. The lowest BCUT2D eigenvalue weighted by atomic mass is 10.1. The Bertz CT molecular complexity index is 547. The van der Waals surface area contributed by atoms with Crippen LogP contribution in [0.5, 0.6) is 0 Å². The molecule has 1 fully saturated rings. The largest absolute Gasteiger partial charge is 0.491 e. The fraction of sp³-hybridized carbons (Fsp3) is 0.312. The van der Waals surface area contributed by atoms with Gasteiger partial charge in [-0.3, -0.25) is 4.99 Å². The number of halogens is 1. The molecule has 4 heteroatoms. The molecule has 20 heavy (non-hydrogen) atoms. The van der Waals surface area contributed by atoms with Crippen molar-refractivity contribution in [1.82, 2.24) is 0 Å². The van der Waals surface area contributed by atoms with E-state index in [2.05, 4.69) is 34.1 Å². The second kappa shape index (κ2) is 6.86. The molecule has 106 valence electrons. The summed E-state index contributed by atoms with van der Waals surface area (Å²) >= 11 is 3.44. The van der Waals surface area contributed by atoms with Crippen molar-refractivity contribution in [1.29, 1.82) is 0 Å². The zero-order chi connectivity index (χ0) is 14.5. The Morgan fingerprint density at radius 2 is 2.25 bits per heavy atom. The predicted octanol–water partition coefficient (Wildman–Crippen LogP) is 4.10. The van der Waals surface area contributed by atoms with E-state index in [9.17, 15) is 0 Å². The van der Waals surface area contributed by atoms with Gasteiger partial charge >= 0.3 is 0 Å². The molecule has 0 aliphatic heterocycles. The van der Waals surface area contributed by atoms with Crippen LogP contribution in [0.1, 0.15) is 18.4 Å². The van der Waals surface area contributed by atoms with Crippen molar-refractivity contribution in [3.8, 4) is 0 Å². The van der Waals surface area contributed by atoms with Crippen molar-refractivity contribution in [3.05, 3.63) is 47.5 Å². The first-order valence-corrected chi connectivity index (χ1v) is 7.38. The van der Waals surface area contributed by atoms with Crippen LogP contribution in [-0.2, 0) is 4.74 Å². The minimum Gasteiger partial charge on any atom is -0.491 e. The van der Waals surface area contributed by atoms with E-state index in [1.54, 1.807) is 0 Å². The number of ether oxygens (including phenoxy) is 1. The molecule has 0 amide bonds. The molecule has 1 aliphatic rings. The zero-order valence-corrected chi connectivity index (χ0v) is 12.9. The average Bonchev–Trinajstić information content (AvgIpc) is 3.27. The van der Waals surface area contributed by atoms with Gasteiger partial charge in [0.05, 0.1) is 12.3 Å².